The minimum atomic E-state index is -4.42. The second-order valence-electron chi connectivity index (χ2n) is 8.24. The number of aliphatic hydroxyl groups is 1. The number of benzene rings is 2. The Morgan fingerprint density at radius 3 is 2.41 bits per heavy atom. The van der Waals surface area contributed by atoms with Gasteiger partial charge in [0.15, 0.2) is 6.61 Å². The minimum Gasteiger partial charge on any atom is -0.484 e. The summed E-state index contributed by atoms with van der Waals surface area (Å²) in [6.45, 7) is -1.75. The van der Waals surface area contributed by atoms with E-state index in [0.29, 0.717) is 17.2 Å². The molecule has 4 aromatic rings. The molecule has 0 fully saturated rings. The quantitative estimate of drug-likeness (QED) is 0.277. The fourth-order valence-electron chi connectivity index (χ4n) is 3.69. The largest absolute Gasteiger partial charge is 0.484 e. The summed E-state index contributed by atoms with van der Waals surface area (Å²) in [6.07, 6.45) is 3.18. The van der Waals surface area contributed by atoms with Crippen molar-refractivity contribution in [3.63, 3.8) is 0 Å². The second kappa shape index (κ2) is 10.7. The van der Waals surface area contributed by atoms with Gasteiger partial charge < -0.3 is 14.4 Å². The first kappa shape index (κ1) is 26.4. The number of alkyl halides is 3. The fraction of sp³-hybridized carbons (Fsp3) is 0.200. The predicted octanol–water partition coefficient (Wildman–Crippen LogP) is 5.71. The summed E-state index contributed by atoms with van der Waals surface area (Å²) in [4.78, 5) is 3.83. The number of hydrogen-bond acceptors (Lipinski definition) is 4. The third-order valence-corrected chi connectivity index (χ3v) is 5.85. The Kier molecular flexibility index (Phi) is 7.65. The zero-order valence-corrected chi connectivity index (χ0v) is 19.8. The molecule has 4 rings (SSSR count). The van der Waals surface area contributed by atoms with Gasteiger partial charge in [-0.15, -0.1) is 0 Å². The Morgan fingerprint density at radius 1 is 1.00 bits per heavy atom. The molecule has 0 aliphatic heterocycles. The average molecular weight is 539 g/mol. The minimum absolute atomic E-state index is 0.0818. The highest BCUT2D eigenvalue weighted by Crippen LogP contribution is 2.31. The molecule has 0 aliphatic rings. The molecule has 0 aliphatic carbocycles. The highest BCUT2D eigenvalue weighted by atomic mass is 35.5. The first-order valence-corrected chi connectivity index (χ1v) is 11.2. The third kappa shape index (κ3) is 6.75. The van der Waals surface area contributed by atoms with Crippen LogP contribution in [0.3, 0.4) is 0 Å². The average Bonchev–Trinajstić information content (AvgIpc) is 3.46. The molecule has 0 spiro atoms. The lowest BCUT2D eigenvalue weighted by molar-refractivity contribution is -0.153. The van der Waals surface area contributed by atoms with Crippen LogP contribution in [0.25, 0.3) is 12.2 Å². The van der Waals surface area contributed by atoms with Gasteiger partial charge >= 0.3 is 6.18 Å². The Bertz CT molecular complexity index is 1370. The topological polar surface area (TPSA) is 65.1 Å². The molecule has 1 atom stereocenters. The van der Waals surface area contributed by atoms with Crippen LogP contribution < -0.4 is 4.74 Å². The summed E-state index contributed by atoms with van der Waals surface area (Å²) in [5.41, 5.74) is -0.749. The van der Waals surface area contributed by atoms with Gasteiger partial charge in [0.05, 0.1) is 13.1 Å². The number of aromatic nitrogens is 4. The molecule has 37 heavy (non-hydrogen) atoms. The van der Waals surface area contributed by atoms with E-state index >= 15 is 0 Å². The van der Waals surface area contributed by atoms with Crippen molar-refractivity contribution in [2.75, 3.05) is 6.61 Å². The SMILES string of the molecule is OC(Cn1cncn1)(Cn1ccc(C=Cc2ccc(OCC(F)(F)F)cc2)c1Cl)c1ccc(F)cc1F. The number of halogens is 6. The Balaban J connectivity index is 1.53. The summed E-state index contributed by atoms with van der Waals surface area (Å²) < 4.78 is 72.6. The summed E-state index contributed by atoms with van der Waals surface area (Å²) in [5, 5.41) is 15.7. The first-order chi connectivity index (χ1) is 17.5. The van der Waals surface area contributed by atoms with Gasteiger partial charge in [0.2, 0.25) is 0 Å². The van der Waals surface area contributed by atoms with E-state index in [9.17, 15) is 27.1 Å². The van der Waals surface area contributed by atoms with Crippen molar-refractivity contribution in [3.8, 4) is 5.75 Å². The molecule has 1 N–H and O–H groups in total. The summed E-state index contributed by atoms with van der Waals surface area (Å²) >= 11 is 6.53. The number of rotatable bonds is 9. The maximum absolute atomic E-state index is 14.7. The fourth-order valence-corrected chi connectivity index (χ4v) is 3.94. The standard InChI is InChI=1S/C25H20ClF5N4O2/c26-23-18(4-1-17-2-6-20(7-3-17)37-14-25(29,30)31)9-10-34(23)12-24(36,13-35-16-32-15-33-35)21-8-5-19(27)11-22(21)28/h1-11,15-16,36H,12-14H2. The first-order valence-electron chi connectivity index (χ1n) is 10.9. The molecule has 0 bridgehead atoms. The molecule has 12 heteroatoms. The van der Waals surface area contributed by atoms with Crippen LogP contribution in [0.2, 0.25) is 5.15 Å². The second-order valence-corrected chi connectivity index (χ2v) is 8.60. The lowest BCUT2D eigenvalue weighted by Crippen LogP contribution is -2.37. The molecule has 0 radical (unpaired) electrons. The van der Waals surface area contributed by atoms with E-state index in [1.807, 2.05) is 0 Å². The predicted molar refractivity (Wildman–Crippen MR) is 127 cm³/mol. The van der Waals surface area contributed by atoms with Crippen LogP contribution in [0, 0.1) is 11.6 Å². The van der Waals surface area contributed by atoms with E-state index in [1.165, 1.54) is 40.1 Å². The molecule has 2 aromatic heterocycles. The molecule has 2 heterocycles. The van der Waals surface area contributed by atoms with Crippen LogP contribution >= 0.6 is 11.6 Å². The van der Waals surface area contributed by atoms with Crippen molar-refractivity contribution in [3.05, 3.63) is 101 Å². The van der Waals surface area contributed by atoms with Crippen LogP contribution in [-0.2, 0) is 18.7 Å². The highest BCUT2D eigenvalue weighted by molar-refractivity contribution is 6.31. The van der Waals surface area contributed by atoms with Crippen molar-refractivity contribution in [1.29, 1.82) is 0 Å². The zero-order valence-electron chi connectivity index (χ0n) is 19.0. The van der Waals surface area contributed by atoms with Crippen LogP contribution in [0.5, 0.6) is 5.75 Å². The lowest BCUT2D eigenvalue weighted by atomic mass is 9.92. The van der Waals surface area contributed by atoms with Crippen molar-refractivity contribution in [2.24, 2.45) is 0 Å². The lowest BCUT2D eigenvalue weighted by Gasteiger charge is -2.30. The van der Waals surface area contributed by atoms with Crippen LogP contribution in [-0.4, -0.2) is 37.2 Å². The monoisotopic (exact) mass is 538 g/mol. The Morgan fingerprint density at radius 2 is 1.76 bits per heavy atom. The number of ether oxygens (including phenoxy) is 1. The van der Waals surface area contributed by atoms with E-state index in [2.05, 4.69) is 10.1 Å². The van der Waals surface area contributed by atoms with Crippen LogP contribution in [0.1, 0.15) is 16.7 Å². The maximum atomic E-state index is 14.7. The normalized spacial score (nSPS) is 13.7. The molecule has 0 saturated heterocycles. The number of nitrogens with zero attached hydrogens (tertiary/aromatic N) is 4. The van der Waals surface area contributed by atoms with E-state index < -0.39 is 30.0 Å². The zero-order chi connectivity index (χ0) is 26.6. The van der Waals surface area contributed by atoms with Gasteiger partial charge in [0.1, 0.15) is 40.8 Å². The van der Waals surface area contributed by atoms with E-state index in [1.54, 1.807) is 36.5 Å². The molecule has 6 nitrogen and oxygen atoms in total. The summed E-state index contributed by atoms with van der Waals surface area (Å²) in [6, 6.07) is 10.6. The molecule has 1 unspecified atom stereocenters. The number of hydrogen-bond donors (Lipinski definition) is 1. The molecule has 0 saturated carbocycles. The van der Waals surface area contributed by atoms with E-state index in [0.717, 1.165) is 6.07 Å². The van der Waals surface area contributed by atoms with Gasteiger partial charge in [0, 0.05) is 23.4 Å². The van der Waals surface area contributed by atoms with Gasteiger partial charge in [-0.05, 0) is 29.8 Å². The van der Waals surface area contributed by atoms with Gasteiger partial charge in [-0.25, -0.2) is 18.4 Å². The molecule has 0 amide bonds. The van der Waals surface area contributed by atoms with E-state index in [4.69, 9.17) is 16.3 Å². The summed E-state index contributed by atoms with van der Waals surface area (Å²) in [7, 11) is 0. The van der Waals surface area contributed by atoms with Crippen LogP contribution in [0.4, 0.5) is 22.0 Å². The van der Waals surface area contributed by atoms with Gasteiger partial charge in [-0.3, -0.25) is 0 Å². The van der Waals surface area contributed by atoms with Crippen molar-refractivity contribution in [1.82, 2.24) is 19.3 Å². The molecular formula is C25H20ClF5N4O2. The van der Waals surface area contributed by atoms with Gasteiger partial charge in [-0.2, -0.15) is 18.3 Å². The van der Waals surface area contributed by atoms with Crippen LogP contribution in [0.15, 0.2) is 67.4 Å². The highest BCUT2D eigenvalue weighted by Gasteiger charge is 2.35. The molecule has 2 aromatic carbocycles. The smallest absolute Gasteiger partial charge is 0.422 e. The van der Waals surface area contributed by atoms with Crippen molar-refractivity contribution >= 4 is 23.8 Å². The van der Waals surface area contributed by atoms with E-state index in [-0.39, 0.29) is 29.6 Å². The Labute approximate surface area is 213 Å². The molecule has 194 valence electrons. The molecular weight excluding hydrogens is 519 g/mol. The summed E-state index contributed by atoms with van der Waals surface area (Å²) in [5.74, 6) is -1.62. The van der Waals surface area contributed by atoms with Gasteiger partial charge in [0.25, 0.3) is 0 Å². The maximum Gasteiger partial charge on any atom is 0.422 e. The van der Waals surface area contributed by atoms with Gasteiger partial charge in [-0.1, -0.05) is 42.0 Å². The Hall–Kier alpha value is -3.70. The van der Waals surface area contributed by atoms with Crippen molar-refractivity contribution < 1.29 is 31.8 Å². The third-order valence-electron chi connectivity index (χ3n) is 5.42. The van der Waals surface area contributed by atoms with Crippen molar-refractivity contribution in [2.45, 2.75) is 24.9 Å².